The van der Waals surface area contributed by atoms with Crippen molar-refractivity contribution >= 4 is 20.1 Å². The van der Waals surface area contributed by atoms with E-state index in [2.05, 4.69) is 39.7 Å². The lowest BCUT2D eigenvalue weighted by molar-refractivity contribution is 0.0942. The standard InChI is InChI=1S/C18H25N3O3.3CH3.Al/c1-5-6-7-16-15(13(4)24-21-16)11-23-17-9-8-14(10-19-17)18(22)20-12(2)3;;;;/h8-10,12H,5-7,11H2,1-4H3,(H,20,22);3*1H3;. The van der Waals surface area contributed by atoms with Crippen molar-refractivity contribution in [2.45, 2.75) is 77.0 Å². The van der Waals surface area contributed by atoms with Gasteiger partial charge in [0.1, 0.15) is 12.4 Å². The first-order valence-corrected chi connectivity index (χ1v) is 13.5. The molecule has 2 aromatic heterocycles. The molecule has 0 fully saturated rings. The van der Waals surface area contributed by atoms with Crippen molar-refractivity contribution < 1.29 is 14.1 Å². The highest BCUT2D eigenvalue weighted by atomic mass is 27.2. The van der Waals surface area contributed by atoms with E-state index < -0.39 is 0 Å². The van der Waals surface area contributed by atoms with E-state index in [-0.39, 0.29) is 26.1 Å². The number of aromatic nitrogens is 2. The zero-order chi connectivity index (χ0) is 21.1. The quantitative estimate of drug-likeness (QED) is 0.640. The Morgan fingerprint density at radius 2 is 1.96 bits per heavy atom. The second kappa shape index (κ2) is 12.6. The van der Waals surface area contributed by atoms with Gasteiger partial charge in [-0.05, 0) is 39.7 Å². The van der Waals surface area contributed by atoms with Crippen molar-refractivity contribution in [2.24, 2.45) is 0 Å². The van der Waals surface area contributed by atoms with Crippen LogP contribution in [0.3, 0.4) is 0 Å². The molecule has 1 N–H and O–H groups in total. The third kappa shape index (κ3) is 8.90. The molecule has 154 valence electrons. The van der Waals surface area contributed by atoms with Gasteiger partial charge >= 0.3 is 0 Å². The van der Waals surface area contributed by atoms with Crippen LogP contribution in [0, 0.1) is 6.92 Å². The summed E-state index contributed by atoms with van der Waals surface area (Å²) in [7, 11) is 0. The summed E-state index contributed by atoms with van der Waals surface area (Å²) in [4.78, 5) is 16.1. The molecule has 6 nitrogen and oxygen atoms in total. The summed E-state index contributed by atoms with van der Waals surface area (Å²) in [6.07, 6.45) is 4.57. The van der Waals surface area contributed by atoms with Crippen LogP contribution in [-0.2, 0) is 13.0 Å². The van der Waals surface area contributed by atoms with Gasteiger partial charge in [0.05, 0.1) is 16.8 Å². The summed E-state index contributed by atoms with van der Waals surface area (Å²) in [5.74, 6) is 8.02. The predicted molar refractivity (Wildman–Crippen MR) is 114 cm³/mol. The molecule has 0 atom stereocenters. The Balaban J connectivity index is 0.000000892. The number of carbonyl (C=O) groups is 1. The lowest BCUT2D eigenvalue weighted by Crippen LogP contribution is -2.30. The molecule has 0 aliphatic heterocycles. The molecular weight excluding hydrogens is 369 g/mol. The monoisotopic (exact) mass is 403 g/mol. The Hall–Kier alpha value is -1.84. The van der Waals surface area contributed by atoms with Crippen LogP contribution in [0.15, 0.2) is 22.9 Å². The number of rotatable bonds is 8. The van der Waals surface area contributed by atoms with Crippen LogP contribution in [-0.4, -0.2) is 36.2 Å². The second-order valence-corrected chi connectivity index (χ2v) is 11.3. The number of nitrogens with zero attached hydrogens (tertiary/aromatic N) is 2. The predicted octanol–water partition coefficient (Wildman–Crippen LogP) is 4.81. The lowest BCUT2D eigenvalue weighted by Gasteiger charge is -2.09. The van der Waals surface area contributed by atoms with Gasteiger partial charge in [-0.2, -0.15) is 0 Å². The number of unbranched alkanes of at least 4 members (excludes halogenated alkanes) is 1. The Morgan fingerprint density at radius 1 is 1.29 bits per heavy atom. The number of amides is 1. The van der Waals surface area contributed by atoms with Gasteiger partial charge in [-0.1, -0.05) is 18.5 Å². The summed E-state index contributed by atoms with van der Waals surface area (Å²) in [5, 5.41) is 6.93. The fourth-order valence-corrected chi connectivity index (χ4v) is 2.25. The molecule has 0 saturated heterocycles. The van der Waals surface area contributed by atoms with Crippen LogP contribution < -0.4 is 10.1 Å². The van der Waals surface area contributed by atoms with E-state index in [0.29, 0.717) is 18.1 Å². The first kappa shape index (κ1) is 24.2. The number of hydrogen-bond acceptors (Lipinski definition) is 5. The maximum Gasteiger partial charge on any atom is 0.253 e. The van der Waals surface area contributed by atoms with Gasteiger partial charge in [-0.15, -0.1) is 17.4 Å². The van der Waals surface area contributed by atoms with E-state index in [1.54, 1.807) is 12.1 Å². The molecule has 2 rings (SSSR count). The van der Waals surface area contributed by atoms with E-state index in [9.17, 15) is 4.79 Å². The molecule has 7 heteroatoms. The molecule has 28 heavy (non-hydrogen) atoms. The highest BCUT2D eigenvalue weighted by Gasteiger charge is 2.14. The summed E-state index contributed by atoms with van der Waals surface area (Å²) in [6, 6.07) is 3.49. The van der Waals surface area contributed by atoms with Gasteiger partial charge in [0.15, 0.2) is 0 Å². The first-order chi connectivity index (χ1) is 13.2. The number of hydrogen-bond donors (Lipinski definition) is 1. The molecule has 0 radical (unpaired) electrons. The number of carbonyl (C=O) groups excluding carboxylic acids is 1. The largest absolute Gasteiger partial charge is 0.473 e. The molecule has 0 unspecified atom stereocenters. The molecular formula is C21H34AlN3O3. The molecule has 2 aromatic rings. The van der Waals surface area contributed by atoms with Crippen LogP contribution >= 0.6 is 0 Å². The van der Waals surface area contributed by atoms with Crippen molar-refractivity contribution in [3.8, 4) is 5.88 Å². The van der Waals surface area contributed by atoms with Crippen molar-refractivity contribution in [3.63, 3.8) is 0 Å². The van der Waals surface area contributed by atoms with Crippen LogP contribution in [0.2, 0.25) is 17.4 Å². The minimum atomic E-state index is -0.139. The van der Waals surface area contributed by atoms with Crippen molar-refractivity contribution in [2.75, 3.05) is 0 Å². The maximum atomic E-state index is 11.9. The molecule has 0 bridgehead atoms. The average Bonchev–Trinajstić information content (AvgIpc) is 2.97. The summed E-state index contributed by atoms with van der Waals surface area (Å²) in [6.45, 7) is 8.22. The van der Waals surface area contributed by atoms with Crippen LogP contribution in [0.1, 0.15) is 61.0 Å². The Labute approximate surface area is 173 Å². The number of pyridine rings is 1. The average molecular weight is 404 g/mol. The summed E-state index contributed by atoms with van der Waals surface area (Å²) >= 11 is -0.139. The van der Waals surface area contributed by atoms with Gasteiger partial charge < -0.3 is 14.6 Å². The van der Waals surface area contributed by atoms with Crippen molar-refractivity contribution in [1.29, 1.82) is 0 Å². The second-order valence-electron chi connectivity index (χ2n) is 7.80. The topological polar surface area (TPSA) is 77.2 Å². The lowest BCUT2D eigenvalue weighted by atomic mass is 10.1. The highest BCUT2D eigenvalue weighted by Crippen LogP contribution is 2.18. The van der Waals surface area contributed by atoms with Gasteiger partial charge in [-0.25, -0.2) is 4.98 Å². The van der Waals surface area contributed by atoms with Crippen molar-refractivity contribution in [1.82, 2.24) is 15.5 Å². The van der Waals surface area contributed by atoms with Gasteiger partial charge in [0.2, 0.25) is 5.88 Å². The minimum absolute atomic E-state index is 0.0894. The molecule has 0 aliphatic carbocycles. The Morgan fingerprint density at radius 3 is 2.50 bits per heavy atom. The smallest absolute Gasteiger partial charge is 0.253 e. The molecule has 0 saturated carbocycles. The summed E-state index contributed by atoms with van der Waals surface area (Å²) in [5.41, 5.74) is 2.44. The minimum Gasteiger partial charge on any atom is -0.473 e. The first-order valence-electron chi connectivity index (χ1n) is 10.1. The zero-order valence-corrected chi connectivity index (χ0v) is 19.5. The van der Waals surface area contributed by atoms with E-state index in [1.807, 2.05) is 20.8 Å². The fourth-order valence-electron chi connectivity index (χ4n) is 2.25. The van der Waals surface area contributed by atoms with Gasteiger partial charge in [0.25, 0.3) is 20.1 Å². The van der Waals surface area contributed by atoms with Crippen LogP contribution in [0.5, 0.6) is 5.88 Å². The number of ether oxygens (including phenoxy) is 1. The number of aryl methyl sites for hydroxylation is 2. The molecule has 2 heterocycles. The van der Waals surface area contributed by atoms with Crippen LogP contribution in [0.25, 0.3) is 0 Å². The van der Waals surface area contributed by atoms with Gasteiger partial charge in [0, 0.05) is 18.3 Å². The molecule has 0 spiro atoms. The molecule has 0 aromatic carbocycles. The van der Waals surface area contributed by atoms with E-state index in [1.165, 1.54) is 6.20 Å². The summed E-state index contributed by atoms with van der Waals surface area (Å²) < 4.78 is 11.0. The molecule has 1 amide bonds. The normalized spacial score (nSPS) is 10.3. The fraction of sp³-hybridized carbons (Fsp3) is 0.571. The Kier molecular flexibility index (Phi) is 10.9. The van der Waals surface area contributed by atoms with Gasteiger partial charge in [-0.3, -0.25) is 4.79 Å². The van der Waals surface area contributed by atoms with Crippen molar-refractivity contribution in [3.05, 3.63) is 40.9 Å². The zero-order valence-electron chi connectivity index (χ0n) is 18.3. The highest BCUT2D eigenvalue weighted by molar-refractivity contribution is 6.54. The van der Waals surface area contributed by atoms with E-state index in [0.717, 1.165) is 36.3 Å². The third-order valence-electron chi connectivity index (χ3n) is 3.62. The van der Waals surface area contributed by atoms with E-state index >= 15 is 0 Å². The molecule has 0 aliphatic rings. The maximum absolute atomic E-state index is 11.9. The Bertz CT molecular complexity index is 709. The third-order valence-corrected chi connectivity index (χ3v) is 3.62. The number of nitrogens with one attached hydrogen (secondary N) is 1. The van der Waals surface area contributed by atoms with E-state index in [4.69, 9.17) is 9.26 Å². The SMILES string of the molecule is CCCCc1noc(C)c1COc1ccc(C(=O)NC(C)C)cn1.[CH3][Al]([CH3])[CH3]. The van der Waals surface area contributed by atoms with Crippen LogP contribution in [0.4, 0.5) is 0 Å².